The Morgan fingerprint density at radius 2 is 2.00 bits per heavy atom. The molecule has 96 valence electrons. The summed E-state index contributed by atoms with van der Waals surface area (Å²) in [6.07, 6.45) is 0. The summed E-state index contributed by atoms with van der Waals surface area (Å²) < 4.78 is 26.4. The van der Waals surface area contributed by atoms with Crippen LogP contribution in [0, 0.1) is 0 Å². The zero-order valence-electron chi connectivity index (χ0n) is 9.58. The van der Waals surface area contributed by atoms with E-state index < -0.39 is 10.0 Å². The van der Waals surface area contributed by atoms with Crippen molar-refractivity contribution in [2.24, 2.45) is 5.73 Å². The molecule has 0 unspecified atom stereocenters. The lowest BCUT2D eigenvalue weighted by atomic mass is 10.3. The van der Waals surface area contributed by atoms with Gasteiger partial charge in [-0.2, -0.15) is 4.31 Å². The summed E-state index contributed by atoms with van der Waals surface area (Å²) in [7, 11) is -3.26. The molecule has 1 aliphatic rings. The van der Waals surface area contributed by atoms with Crippen LogP contribution in [0.3, 0.4) is 0 Å². The first-order valence-electron chi connectivity index (χ1n) is 5.60. The molecule has 2 heterocycles. The predicted molar refractivity (Wildman–Crippen MR) is 68.6 cm³/mol. The first-order chi connectivity index (χ1) is 8.14. The summed E-state index contributed by atoms with van der Waals surface area (Å²) in [6.45, 7) is 4.11. The second-order valence-corrected chi connectivity index (χ2v) is 7.08. The van der Waals surface area contributed by atoms with E-state index >= 15 is 0 Å². The van der Waals surface area contributed by atoms with Gasteiger partial charge in [-0.15, -0.1) is 11.3 Å². The molecule has 0 saturated carbocycles. The fourth-order valence-electron chi connectivity index (χ4n) is 1.91. The first-order valence-corrected chi connectivity index (χ1v) is 7.92. The van der Waals surface area contributed by atoms with E-state index in [0.717, 1.165) is 19.6 Å². The van der Waals surface area contributed by atoms with Crippen molar-refractivity contribution in [3.63, 3.8) is 0 Å². The van der Waals surface area contributed by atoms with E-state index in [0.29, 0.717) is 23.8 Å². The van der Waals surface area contributed by atoms with Gasteiger partial charge >= 0.3 is 0 Å². The van der Waals surface area contributed by atoms with Gasteiger partial charge in [0, 0.05) is 39.3 Å². The van der Waals surface area contributed by atoms with Crippen LogP contribution in [0.1, 0.15) is 0 Å². The second kappa shape index (κ2) is 5.45. The van der Waals surface area contributed by atoms with Gasteiger partial charge in [-0.05, 0) is 11.4 Å². The Morgan fingerprint density at radius 3 is 2.53 bits per heavy atom. The Morgan fingerprint density at radius 1 is 1.29 bits per heavy atom. The van der Waals surface area contributed by atoms with Crippen molar-refractivity contribution in [1.82, 2.24) is 9.21 Å². The highest BCUT2D eigenvalue weighted by Gasteiger charge is 2.28. The molecule has 0 bridgehead atoms. The third-order valence-corrected chi connectivity index (χ3v) is 6.14. The Hall–Kier alpha value is -0.470. The van der Waals surface area contributed by atoms with Gasteiger partial charge < -0.3 is 5.73 Å². The number of hydrogen-bond donors (Lipinski definition) is 1. The molecule has 5 nitrogen and oxygen atoms in total. The SMILES string of the molecule is NCCN1CCN(S(=O)(=O)c2cccs2)CC1. The normalized spacial score (nSPS) is 19.6. The van der Waals surface area contributed by atoms with Crippen molar-refractivity contribution in [2.45, 2.75) is 4.21 Å². The second-order valence-electron chi connectivity index (χ2n) is 3.97. The van der Waals surface area contributed by atoms with E-state index in [4.69, 9.17) is 5.73 Å². The van der Waals surface area contributed by atoms with Crippen molar-refractivity contribution in [3.05, 3.63) is 17.5 Å². The zero-order chi connectivity index (χ0) is 12.3. The molecule has 7 heteroatoms. The monoisotopic (exact) mass is 275 g/mol. The third kappa shape index (κ3) is 2.86. The van der Waals surface area contributed by atoms with Gasteiger partial charge in [-0.25, -0.2) is 8.42 Å². The van der Waals surface area contributed by atoms with Crippen LogP contribution in [0.15, 0.2) is 21.7 Å². The molecule has 0 radical (unpaired) electrons. The Labute approximate surface area is 106 Å². The molecule has 0 amide bonds. The number of thiophene rings is 1. The number of nitrogens with zero attached hydrogens (tertiary/aromatic N) is 2. The average Bonchev–Trinajstić information content (AvgIpc) is 2.84. The molecule has 0 aliphatic carbocycles. The van der Waals surface area contributed by atoms with Crippen LogP contribution in [0.5, 0.6) is 0 Å². The van der Waals surface area contributed by atoms with Crippen LogP contribution in [-0.2, 0) is 10.0 Å². The largest absolute Gasteiger partial charge is 0.329 e. The number of sulfonamides is 1. The lowest BCUT2D eigenvalue weighted by molar-refractivity contribution is 0.193. The molecule has 17 heavy (non-hydrogen) atoms. The highest BCUT2D eigenvalue weighted by Crippen LogP contribution is 2.21. The minimum absolute atomic E-state index is 0.435. The molecule has 0 spiro atoms. The molecule has 1 fully saturated rings. The molecule has 2 N–H and O–H groups in total. The third-order valence-electron chi connectivity index (χ3n) is 2.87. The highest BCUT2D eigenvalue weighted by molar-refractivity contribution is 7.91. The van der Waals surface area contributed by atoms with E-state index in [1.165, 1.54) is 11.3 Å². The minimum Gasteiger partial charge on any atom is -0.329 e. The number of nitrogens with two attached hydrogens (primary N) is 1. The highest BCUT2D eigenvalue weighted by atomic mass is 32.2. The van der Waals surface area contributed by atoms with Crippen molar-refractivity contribution in [1.29, 1.82) is 0 Å². The van der Waals surface area contributed by atoms with Crippen molar-refractivity contribution < 1.29 is 8.42 Å². The number of hydrogen-bond acceptors (Lipinski definition) is 5. The number of piperazine rings is 1. The summed E-state index contributed by atoms with van der Waals surface area (Å²) >= 11 is 1.27. The van der Waals surface area contributed by atoms with Crippen molar-refractivity contribution in [2.75, 3.05) is 39.3 Å². The average molecular weight is 275 g/mol. The van der Waals surface area contributed by atoms with E-state index in [1.54, 1.807) is 21.8 Å². The van der Waals surface area contributed by atoms with Gasteiger partial charge in [0.05, 0.1) is 0 Å². The summed E-state index contributed by atoms with van der Waals surface area (Å²) in [6, 6.07) is 3.43. The van der Waals surface area contributed by atoms with E-state index in [1.807, 2.05) is 0 Å². The summed E-state index contributed by atoms with van der Waals surface area (Å²) in [5, 5.41) is 1.79. The number of rotatable bonds is 4. The van der Waals surface area contributed by atoms with E-state index in [2.05, 4.69) is 4.90 Å². The maximum absolute atomic E-state index is 12.2. The minimum atomic E-state index is -3.26. The molecule has 1 aromatic rings. The quantitative estimate of drug-likeness (QED) is 0.841. The van der Waals surface area contributed by atoms with Gasteiger partial charge in [0.25, 0.3) is 10.0 Å². The van der Waals surface area contributed by atoms with Crippen LogP contribution in [0.4, 0.5) is 0 Å². The molecule has 0 atom stereocenters. The van der Waals surface area contributed by atoms with Gasteiger partial charge in [0.15, 0.2) is 0 Å². The zero-order valence-corrected chi connectivity index (χ0v) is 11.2. The maximum atomic E-state index is 12.2. The van der Waals surface area contributed by atoms with Crippen LogP contribution in [-0.4, -0.2) is 56.9 Å². The maximum Gasteiger partial charge on any atom is 0.252 e. The van der Waals surface area contributed by atoms with Crippen LogP contribution >= 0.6 is 11.3 Å². The van der Waals surface area contributed by atoms with Crippen LogP contribution in [0.25, 0.3) is 0 Å². The topological polar surface area (TPSA) is 66.6 Å². The van der Waals surface area contributed by atoms with Crippen molar-refractivity contribution >= 4 is 21.4 Å². The molecule has 1 aliphatic heterocycles. The summed E-state index contributed by atoms with van der Waals surface area (Å²) in [5.74, 6) is 0. The molecular weight excluding hydrogens is 258 g/mol. The van der Waals surface area contributed by atoms with Crippen LogP contribution in [0.2, 0.25) is 0 Å². The predicted octanol–water partition coefficient (Wildman–Crippen LogP) is 0.0131. The smallest absolute Gasteiger partial charge is 0.252 e. The van der Waals surface area contributed by atoms with E-state index in [9.17, 15) is 8.42 Å². The first kappa shape index (κ1) is 13.0. The Bertz CT molecular complexity index is 436. The molecule has 1 saturated heterocycles. The summed E-state index contributed by atoms with van der Waals surface area (Å²) in [4.78, 5) is 2.19. The fraction of sp³-hybridized carbons (Fsp3) is 0.600. The van der Waals surface area contributed by atoms with Gasteiger partial charge in [0.2, 0.25) is 0 Å². The summed E-state index contributed by atoms with van der Waals surface area (Å²) in [5.41, 5.74) is 5.49. The molecule has 1 aromatic heterocycles. The van der Waals surface area contributed by atoms with Crippen LogP contribution < -0.4 is 5.73 Å². The standard InChI is InChI=1S/C10H17N3O2S2/c11-3-4-12-5-7-13(8-6-12)17(14,15)10-2-1-9-16-10/h1-2,9H,3-8,11H2. The van der Waals surface area contributed by atoms with E-state index in [-0.39, 0.29) is 0 Å². The lowest BCUT2D eigenvalue weighted by Gasteiger charge is -2.33. The molecular formula is C10H17N3O2S2. The van der Waals surface area contributed by atoms with Gasteiger partial charge in [-0.3, -0.25) is 4.90 Å². The van der Waals surface area contributed by atoms with Gasteiger partial charge in [-0.1, -0.05) is 6.07 Å². The molecule has 2 rings (SSSR count). The van der Waals surface area contributed by atoms with Gasteiger partial charge in [0.1, 0.15) is 4.21 Å². The Balaban J connectivity index is 2.01. The lowest BCUT2D eigenvalue weighted by Crippen LogP contribution is -2.49. The Kier molecular flexibility index (Phi) is 4.16. The molecule has 0 aromatic carbocycles. The van der Waals surface area contributed by atoms with Crippen molar-refractivity contribution in [3.8, 4) is 0 Å². The fourth-order valence-corrected chi connectivity index (χ4v) is 4.48.